The Morgan fingerprint density at radius 3 is 1.81 bits per heavy atom. The molecule has 1 aromatic carbocycles. The zero-order valence-corrected chi connectivity index (χ0v) is 16.8. The van der Waals surface area contributed by atoms with Gasteiger partial charge in [0.15, 0.2) is 0 Å². The van der Waals surface area contributed by atoms with E-state index in [1.54, 1.807) is 0 Å². The van der Waals surface area contributed by atoms with Crippen molar-refractivity contribution in [1.82, 2.24) is 10.2 Å². The molecule has 1 saturated heterocycles. The van der Waals surface area contributed by atoms with Crippen molar-refractivity contribution in [3.63, 3.8) is 0 Å². The average Bonchev–Trinajstić information content (AvgIpc) is 2.72. The van der Waals surface area contributed by atoms with Crippen molar-refractivity contribution in [1.29, 1.82) is 0 Å². The molecule has 0 bridgehead atoms. The summed E-state index contributed by atoms with van der Waals surface area (Å²) >= 11 is 0. The van der Waals surface area contributed by atoms with Gasteiger partial charge in [0.25, 0.3) is 5.91 Å². The number of benzene rings is 1. The zero-order valence-electron chi connectivity index (χ0n) is 16.8. The lowest BCUT2D eigenvalue weighted by molar-refractivity contribution is -0.143. The van der Waals surface area contributed by atoms with Crippen molar-refractivity contribution in [2.45, 2.75) is 63.3 Å². The maximum Gasteiger partial charge on any atom is 0.416 e. The number of rotatable bonds is 3. The molecule has 1 N–H and O–H groups in total. The summed E-state index contributed by atoms with van der Waals surface area (Å²) in [5, 5.41) is 3.02. The second-order valence-corrected chi connectivity index (χ2v) is 8.20. The molecule has 0 radical (unpaired) electrons. The summed E-state index contributed by atoms with van der Waals surface area (Å²) in [5.41, 5.74) is -3.70. The molecule has 10 heteroatoms. The van der Waals surface area contributed by atoms with Crippen molar-refractivity contribution in [2.24, 2.45) is 5.92 Å². The number of carbonyl (C=O) groups is 2. The average molecular weight is 450 g/mol. The van der Waals surface area contributed by atoms with Crippen LogP contribution in [0.5, 0.6) is 0 Å². The molecule has 2 aliphatic rings. The quantitative estimate of drug-likeness (QED) is 0.657. The Morgan fingerprint density at radius 2 is 1.32 bits per heavy atom. The fourth-order valence-corrected chi connectivity index (χ4v) is 4.17. The van der Waals surface area contributed by atoms with Crippen molar-refractivity contribution in [2.75, 3.05) is 13.1 Å². The molecule has 2 fully saturated rings. The number of hydrogen-bond donors (Lipinski definition) is 1. The summed E-state index contributed by atoms with van der Waals surface area (Å²) in [6.45, 7) is 0.193. The number of carbonyl (C=O) groups excluding carboxylic acids is 2. The van der Waals surface area contributed by atoms with Gasteiger partial charge in [-0.25, -0.2) is 0 Å². The normalized spacial score (nSPS) is 19.4. The molecule has 1 saturated carbocycles. The highest BCUT2D eigenvalue weighted by Crippen LogP contribution is 2.36. The molecule has 0 spiro atoms. The Hall–Kier alpha value is -2.26. The van der Waals surface area contributed by atoms with Crippen LogP contribution in [0, 0.1) is 5.92 Å². The maximum atomic E-state index is 13.0. The van der Waals surface area contributed by atoms with E-state index in [2.05, 4.69) is 5.32 Å². The fraction of sp³-hybridized carbons (Fsp3) is 0.619. The van der Waals surface area contributed by atoms with Gasteiger partial charge in [0.1, 0.15) is 0 Å². The van der Waals surface area contributed by atoms with E-state index >= 15 is 0 Å². The Kier molecular flexibility index (Phi) is 6.85. The molecule has 4 nitrogen and oxygen atoms in total. The number of nitrogens with zero attached hydrogens (tertiary/aromatic N) is 1. The van der Waals surface area contributed by atoms with Crippen molar-refractivity contribution >= 4 is 11.8 Å². The van der Waals surface area contributed by atoms with Crippen LogP contribution in [-0.4, -0.2) is 35.8 Å². The third-order valence-electron chi connectivity index (χ3n) is 5.94. The molecule has 0 unspecified atom stereocenters. The first-order valence-electron chi connectivity index (χ1n) is 10.3. The highest BCUT2D eigenvalue weighted by Gasteiger charge is 2.38. The van der Waals surface area contributed by atoms with Gasteiger partial charge in [-0.3, -0.25) is 9.59 Å². The lowest BCUT2D eigenvalue weighted by Crippen LogP contribution is -2.45. The van der Waals surface area contributed by atoms with E-state index in [-0.39, 0.29) is 37.0 Å². The van der Waals surface area contributed by atoms with E-state index < -0.39 is 35.0 Å². The van der Waals surface area contributed by atoms with E-state index in [0.717, 1.165) is 32.1 Å². The first kappa shape index (κ1) is 23.4. The summed E-state index contributed by atoms with van der Waals surface area (Å²) in [6.07, 6.45) is -4.26. The third kappa shape index (κ3) is 5.92. The van der Waals surface area contributed by atoms with Crippen LogP contribution in [0.3, 0.4) is 0 Å². The highest BCUT2D eigenvalue weighted by molar-refractivity contribution is 5.95. The molecule has 2 amide bonds. The topological polar surface area (TPSA) is 49.4 Å². The van der Waals surface area contributed by atoms with Gasteiger partial charge in [-0.2, -0.15) is 26.3 Å². The van der Waals surface area contributed by atoms with Crippen LogP contribution in [0.15, 0.2) is 18.2 Å². The van der Waals surface area contributed by atoms with Crippen LogP contribution in [-0.2, 0) is 17.1 Å². The second kappa shape index (κ2) is 9.08. The predicted molar refractivity (Wildman–Crippen MR) is 100 cm³/mol. The van der Waals surface area contributed by atoms with Gasteiger partial charge in [-0.05, 0) is 43.9 Å². The summed E-state index contributed by atoms with van der Waals surface area (Å²) < 4.78 is 78.2. The van der Waals surface area contributed by atoms with E-state index in [0.29, 0.717) is 25.0 Å². The van der Waals surface area contributed by atoms with Gasteiger partial charge >= 0.3 is 12.4 Å². The molecule has 172 valence electrons. The van der Waals surface area contributed by atoms with E-state index in [1.165, 1.54) is 4.90 Å². The van der Waals surface area contributed by atoms with Crippen molar-refractivity contribution in [3.8, 4) is 0 Å². The first-order valence-corrected chi connectivity index (χ1v) is 10.3. The molecular weight excluding hydrogens is 426 g/mol. The van der Waals surface area contributed by atoms with Crippen LogP contribution < -0.4 is 5.32 Å². The number of nitrogens with one attached hydrogen (secondary N) is 1. The molecular formula is C21H24F6N2O2. The number of likely N-dealkylation sites (tertiary alicyclic amines) is 1. The zero-order chi connectivity index (χ0) is 22.8. The number of alkyl halides is 6. The van der Waals surface area contributed by atoms with Gasteiger partial charge in [-0.1, -0.05) is 19.3 Å². The minimum atomic E-state index is -5.01. The summed E-state index contributed by atoms with van der Waals surface area (Å²) in [6, 6.07) is 1.03. The number of halogens is 6. The summed E-state index contributed by atoms with van der Waals surface area (Å²) in [4.78, 5) is 26.3. The van der Waals surface area contributed by atoms with E-state index in [9.17, 15) is 35.9 Å². The smallest absolute Gasteiger partial charge is 0.353 e. The molecule has 0 atom stereocenters. The van der Waals surface area contributed by atoms with Gasteiger partial charge in [0.2, 0.25) is 5.91 Å². The van der Waals surface area contributed by atoms with Crippen LogP contribution >= 0.6 is 0 Å². The molecule has 3 rings (SSSR count). The maximum absolute atomic E-state index is 13.0. The molecule has 0 aromatic heterocycles. The van der Waals surface area contributed by atoms with Crippen molar-refractivity contribution in [3.05, 3.63) is 34.9 Å². The first-order chi connectivity index (χ1) is 14.4. The Bertz CT molecular complexity index is 775. The van der Waals surface area contributed by atoms with Gasteiger partial charge in [0.05, 0.1) is 11.1 Å². The van der Waals surface area contributed by atoms with Gasteiger partial charge < -0.3 is 10.2 Å². The second-order valence-electron chi connectivity index (χ2n) is 8.20. The minimum Gasteiger partial charge on any atom is -0.353 e. The molecule has 1 aliphatic heterocycles. The van der Waals surface area contributed by atoms with Crippen LogP contribution in [0.4, 0.5) is 26.3 Å². The van der Waals surface area contributed by atoms with Crippen LogP contribution in [0.2, 0.25) is 0 Å². The van der Waals surface area contributed by atoms with E-state index in [4.69, 9.17) is 0 Å². The Balaban J connectivity index is 1.66. The predicted octanol–water partition coefficient (Wildman–Crippen LogP) is 5.03. The van der Waals surface area contributed by atoms with Crippen LogP contribution in [0.25, 0.3) is 0 Å². The summed E-state index contributed by atoms with van der Waals surface area (Å²) in [7, 11) is 0. The molecule has 1 aliphatic carbocycles. The third-order valence-corrected chi connectivity index (χ3v) is 5.94. The minimum absolute atomic E-state index is 0.00138. The number of amides is 2. The number of piperidine rings is 1. The largest absolute Gasteiger partial charge is 0.416 e. The van der Waals surface area contributed by atoms with Crippen molar-refractivity contribution < 1.29 is 35.9 Å². The Labute approximate surface area is 176 Å². The number of hydrogen-bond acceptors (Lipinski definition) is 2. The van der Waals surface area contributed by atoms with Gasteiger partial charge in [0, 0.05) is 30.6 Å². The lowest BCUT2D eigenvalue weighted by Gasteiger charge is -2.33. The fourth-order valence-electron chi connectivity index (χ4n) is 4.17. The van der Waals surface area contributed by atoms with E-state index in [1.807, 2.05) is 0 Å². The molecule has 1 heterocycles. The lowest BCUT2D eigenvalue weighted by atomic mass is 9.92. The Morgan fingerprint density at radius 1 is 0.806 bits per heavy atom. The summed E-state index contributed by atoms with van der Waals surface area (Å²) in [5.74, 6) is -1.32. The monoisotopic (exact) mass is 450 g/mol. The standard InChI is InChI=1S/C21H24F6N2O2/c22-20(23,24)15-10-14(11-16(12-15)21(25,26)27)19(31)29-8-6-13(7-9-29)18(30)28-17-4-2-1-3-5-17/h10-13,17H,1-9H2,(H,28,30). The highest BCUT2D eigenvalue weighted by atomic mass is 19.4. The van der Waals surface area contributed by atoms with Gasteiger partial charge in [-0.15, -0.1) is 0 Å². The van der Waals surface area contributed by atoms with Crippen LogP contribution in [0.1, 0.15) is 66.4 Å². The molecule has 1 aromatic rings. The molecule has 31 heavy (non-hydrogen) atoms. The SMILES string of the molecule is O=C(NC1CCCCC1)C1CCN(C(=O)c2cc(C(F)(F)F)cc(C(F)(F)F)c2)CC1.